The molecule has 0 spiro atoms. The van der Waals surface area contributed by atoms with Gasteiger partial charge in [0, 0.05) is 36.8 Å². The number of hydrogen-bond acceptors (Lipinski definition) is 3. The van der Waals surface area contributed by atoms with Crippen molar-refractivity contribution in [2.24, 2.45) is 5.92 Å². The van der Waals surface area contributed by atoms with Gasteiger partial charge in [-0.1, -0.05) is 0 Å². The van der Waals surface area contributed by atoms with Gasteiger partial charge < -0.3 is 14.4 Å². The Morgan fingerprint density at radius 3 is 2.72 bits per heavy atom. The standard InChI is InChI=1S/C13H17FINO2/c1-17-13(18-2)9-5-6-16(8-9)12-4-3-10(15)7-11(12)14/h3-4,7,9,13H,5-6,8H2,1-2H3/t9-/m1/s1. The largest absolute Gasteiger partial charge is 0.369 e. The number of nitrogens with zero attached hydrogens (tertiary/aromatic N) is 1. The number of anilines is 1. The fourth-order valence-electron chi connectivity index (χ4n) is 2.45. The molecule has 100 valence electrons. The van der Waals surface area contributed by atoms with Crippen LogP contribution in [0.3, 0.4) is 0 Å². The molecule has 1 aromatic rings. The van der Waals surface area contributed by atoms with Crippen LogP contribution >= 0.6 is 22.6 Å². The van der Waals surface area contributed by atoms with Gasteiger partial charge in [0.1, 0.15) is 5.82 Å². The summed E-state index contributed by atoms with van der Waals surface area (Å²) in [4.78, 5) is 2.06. The number of hydrogen-bond donors (Lipinski definition) is 0. The first-order chi connectivity index (χ1) is 8.65. The van der Waals surface area contributed by atoms with E-state index in [1.807, 2.05) is 12.1 Å². The van der Waals surface area contributed by atoms with Crippen LogP contribution in [-0.4, -0.2) is 33.6 Å². The average Bonchev–Trinajstić information content (AvgIpc) is 2.80. The summed E-state index contributed by atoms with van der Waals surface area (Å²) in [5, 5.41) is 0. The predicted molar refractivity (Wildman–Crippen MR) is 77.2 cm³/mol. The highest BCUT2D eigenvalue weighted by Crippen LogP contribution is 2.29. The Hall–Kier alpha value is -0.400. The molecule has 0 aliphatic carbocycles. The van der Waals surface area contributed by atoms with E-state index in [-0.39, 0.29) is 12.1 Å². The molecule has 1 aromatic carbocycles. The monoisotopic (exact) mass is 365 g/mol. The molecule has 2 rings (SSSR count). The molecule has 0 saturated carbocycles. The maximum atomic E-state index is 13.9. The number of benzene rings is 1. The fraction of sp³-hybridized carbons (Fsp3) is 0.538. The molecule has 0 aromatic heterocycles. The van der Waals surface area contributed by atoms with Gasteiger partial charge in [0.15, 0.2) is 6.29 Å². The van der Waals surface area contributed by atoms with Crippen LogP contribution in [-0.2, 0) is 9.47 Å². The highest BCUT2D eigenvalue weighted by Gasteiger charge is 2.30. The van der Waals surface area contributed by atoms with E-state index in [0.29, 0.717) is 11.6 Å². The van der Waals surface area contributed by atoms with Crippen LogP contribution in [0.25, 0.3) is 0 Å². The Morgan fingerprint density at radius 1 is 1.39 bits per heavy atom. The van der Waals surface area contributed by atoms with E-state index in [0.717, 1.165) is 23.1 Å². The lowest BCUT2D eigenvalue weighted by molar-refractivity contribution is -0.132. The number of rotatable bonds is 4. The predicted octanol–water partition coefficient (Wildman–Crippen LogP) is 2.88. The molecule has 0 amide bonds. The Balaban J connectivity index is 2.08. The molecule has 0 unspecified atom stereocenters. The maximum Gasteiger partial charge on any atom is 0.161 e. The zero-order valence-corrected chi connectivity index (χ0v) is 12.7. The summed E-state index contributed by atoms with van der Waals surface area (Å²) < 4.78 is 25.3. The van der Waals surface area contributed by atoms with Crippen LogP contribution in [0.1, 0.15) is 6.42 Å². The van der Waals surface area contributed by atoms with E-state index in [4.69, 9.17) is 9.47 Å². The van der Waals surface area contributed by atoms with E-state index < -0.39 is 0 Å². The summed E-state index contributed by atoms with van der Waals surface area (Å²) in [5.74, 6) is 0.132. The summed E-state index contributed by atoms with van der Waals surface area (Å²) >= 11 is 2.11. The lowest BCUT2D eigenvalue weighted by atomic mass is 10.1. The number of ether oxygens (including phenoxy) is 2. The van der Waals surface area contributed by atoms with Gasteiger partial charge in [-0.3, -0.25) is 0 Å². The van der Waals surface area contributed by atoms with E-state index in [1.54, 1.807) is 20.3 Å². The van der Waals surface area contributed by atoms with Gasteiger partial charge in [-0.05, 0) is 47.2 Å². The summed E-state index contributed by atoms with van der Waals surface area (Å²) in [6.45, 7) is 1.61. The minimum atomic E-state index is -0.207. The molecule has 3 nitrogen and oxygen atoms in total. The van der Waals surface area contributed by atoms with Crippen LogP contribution in [0, 0.1) is 15.3 Å². The van der Waals surface area contributed by atoms with Gasteiger partial charge in [-0.2, -0.15) is 0 Å². The number of methoxy groups -OCH3 is 2. The average molecular weight is 365 g/mol. The zero-order valence-electron chi connectivity index (χ0n) is 10.5. The molecule has 1 saturated heterocycles. The van der Waals surface area contributed by atoms with Gasteiger partial charge in [0.25, 0.3) is 0 Å². The maximum absolute atomic E-state index is 13.9. The summed E-state index contributed by atoms with van der Waals surface area (Å²) in [6.07, 6.45) is 0.750. The van der Waals surface area contributed by atoms with Crippen molar-refractivity contribution in [1.29, 1.82) is 0 Å². The minimum Gasteiger partial charge on any atom is -0.369 e. The normalized spacial score (nSPS) is 19.8. The third-order valence-electron chi connectivity index (χ3n) is 3.32. The summed E-state index contributed by atoms with van der Waals surface area (Å²) in [6, 6.07) is 5.33. The van der Waals surface area contributed by atoms with Crippen LogP contribution in [0.2, 0.25) is 0 Å². The summed E-state index contributed by atoms with van der Waals surface area (Å²) in [7, 11) is 3.28. The lowest BCUT2D eigenvalue weighted by Gasteiger charge is -2.22. The van der Waals surface area contributed by atoms with Crippen molar-refractivity contribution in [3.63, 3.8) is 0 Å². The second-order valence-electron chi connectivity index (χ2n) is 4.43. The van der Waals surface area contributed by atoms with Crippen molar-refractivity contribution in [3.05, 3.63) is 27.6 Å². The second-order valence-corrected chi connectivity index (χ2v) is 5.68. The molecule has 0 radical (unpaired) electrons. The highest BCUT2D eigenvalue weighted by atomic mass is 127. The fourth-order valence-corrected chi connectivity index (χ4v) is 2.90. The SMILES string of the molecule is COC(OC)[C@@H]1CCN(c2ccc(I)cc2F)C1. The Bertz CT molecular complexity index is 412. The van der Waals surface area contributed by atoms with Crippen LogP contribution in [0.4, 0.5) is 10.1 Å². The first-order valence-electron chi connectivity index (χ1n) is 5.91. The van der Waals surface area contributed by atoms with Gasteiger partial charge in [0.05, 0.1) is 5.69 Å². The first-order valence-corrected chi connectivity index (χ1v) is 6.99. The van der Waals surface area contributed by atoms with Gasteiger partial charge in [-0.25, -0.2) is 4.39 Å². The smallest absolute Gasteiger partial charge is 0.161 e. The third kappa shape index (κ3) is 2.95. The van der Waals surface area contributed by atoms with E-state index >= 15 is 0 Å². The number of halogens is 2. The highest BCUT2D eigenvalue weighted by molar-refractivity contribution is 14.1. The Morgan fingerprint density at radius 2 is 2.11 bits per heavy atom. The third-order valence-corrected chi connectivity index (χ3v) is 4.00. The molecule has 0 N–H and O–H groups in total. The molecule has 1 atom stereocenters. The van der Waals surface area contributed by atoms with Gasteiger partial charge in [-0.15, -0.1) is 0 Å². The molecule has 0 bridgehead atoms. The van der Waals surface area contributed by atoms with E-state index in [9.17, 15) is 4.39 Å². The molecule has 1 aliphatic heterocycles. The minimum absolute atomic E-state index is 0.158. The zero-order chi connectivity index (χ0) is 13.1. The molecule has 1 fully saturated rings. The van der Waals surface area contributed by atoms with E-state index in [2.05, 4.69) is 27.5 Å². The van der Waals surface area contributed by atoms with Gasteiger partial charge >= 0.3 is 0 Å². The van der Waals surface area contributed by atoms with Crippen LogP contribution in [0.5, 0.6) is 0 Å². The van der Waals surface area contributed by atoms with Crippen LogP contribution in [0.15, 0.2) is 18.2 Å². The van der Waals surface area contributed by atoms with Gasteiger partial charge in [0.2, 0.25) is 0 Å². The molecular weight excluding hydrogens is 348 g/mol. The van der Waals surface area contributed by atoms with Crippen molar-refractivity contribution in [2.45, 2.75) is 12.7 Å². The quantitative estimate of drug-likeness (QED) is 0.605. The lowest BCUT2D eigenvalue weighted by Crippen LogP contribution is -2.28. The molecule has 1 aliphatic rings. The van der Waals surface area contributed by atoms with Crippen molar-refractivity contribution in [2.75, 3.05) is 32.2 Å². The van der Waals surface area contributed by atoms with Crippen molar-refractivity contribution in [1.82, 2.24) is 0 Å². The molecule has 5 heteroatoms. The first kappa shape index (κ1) is 14.0. The van der Waals surface area contributed by atoms with Crippen molar-refractivity contribution >= 4 is 28.3 Å². The second kappa shape index (κ2) is 6.16. The van der Waals surface area contributed by atoms with Crippen molar-refractivity contribution < 1.29 is 13.9 Å². The van der Waals surface area contributed by atoms with Crippen LogP contribution < -0.4 is 4.90 Å². The van der Waals surface area contributed by atoms with Crippen molar-refractivity contribution in [3.8, 4) is 0 Å². The Labute approximate surface area is 120 Å². The molecule has 18 heavy (non-hydrogen) atoms. The van der Waals surface area contributed by atoms with E-state index in [1.165, 1.54) is 0 Å². The molecular formula is C13H17FINO2. The Kier molecular flexibility index (Phi) is 4.80. The summed E-state index contributed by atoms with van der Waals surface area (Å²) in [5.41, 5.74) is 0.670. The topological polar surface area (TPSA) is 21.7 Å². The molecule has 1 heterocycles.